The second-order valence-corrected chi connectivity index (χ2v) is 4.95. The molecule has 5 heteroatoms. The first-order valence-electron chi connectivity index (χ1n) is 6.50. The third kappa shape index (κ3) is 2.47. The van der Waals surface area contributed by atoms with Crippen LogP contribution in [0.15, 0.2) is 41.0 Å². The summed E-state index contributed by atoms with van der Waals surface area (Å²) in [5.41, 5.74) is 0.114. The van der Waals surface area contributed by atoms with Crippen molar-refractivity contribution in [1.82, 2.24) is 4.90 Å². The number of carbonyl (C=O) groups excluding carboxylic acids is 1. The average Bonchev–Trinajstić information content (AvgIpc) is 3.15. The van der Waals surface area contributed by atoms with Crippen LogP contribution in [-0.2, 0) is 6.54 Å². The van der Waals surface area contributed by atoms with Crippen LogP contribution < -0.4 is 0 Å². The van der Waals surface area contributed by atoms with Crippen LogP contribution in [0.25, 0.3) is 0 Å². The van der Waals surface area contributed by atoms with E-state index in [1.54, 1.807) is 17.2 Å². The standard InChI is InChI=1S/C15H15NO4/c17-11-5-6-14(18)13(8-11)15(19)16(10-3-4-10)9-12-2-1-7-20-12/h1-2,5-8,10,17-18H,3-4,9H2. The Hall–Kier alpha value is -2.43. The number of phenols is 2. The van der Waals surface area contributed by atoms with Gasteiger partial charge in [-0.15, -0.1) is 0 Å². The Balaban J connectivity index is 1.87. The van der Waals surface area contributed by atoms with Gasteiger partial charge in [0, 0.05) is 6.04 Å². The number of furan rings is 1. The molecule has 1 aromatic carbocycles. The summed E-state index contributed by atoms with van der Waals surface area (Å²) in [6.45, 7) is 0.367. The van der Waals surface area contributed by atoms with Crippen LogP contribution in [0.2, 0.25) is 0 Å². The topological polar surface area (TPSA) is 73.9 Å². The van der Waals surface area contributed by atoms with Gasteiger partial charge in [0.25, 0.3) is 5.91 Å². The van der Waals surface area contributed by atoms with Gasteiger partial charge in [-0.3, -0.25) is 4.79 Å². The highest BCUT2D eigenvalue weighted by Crippen LogP contribution is 2.32. The second kappa shape index (κ2) is 4.92. The zero-order chi connectivity index (χ0) is 14.1. The van der Waals surface area contributed by atoms with Crippen molar-refractivity contribution < 1.29 is 19.4 Å². The van der Waals surface area contributed by atoms with Gasteiger partial charge < -0.3 is 19.5 Å². The summed E-state index contributed by atoms with van der Waals surface area (Å²) >= 11 is 0. The molecule has 2 N–H and O–H groups in total. The van der Waals surface area contributed by atoms with Gasteiger partial charge in [0.15, 0.2) is 0 Å². The fourth-order valence-electron chi connectivity index (χ4n) is 2.17. The predicted molar refractivity (Wildman–Crippen MR) is 71.4 cm³/mol. The average molecular weight is 273 g/mol. The lowest BCUT2D eigenvalue weighted by Gasteiger charge is -2.21. The Kier molecular flexibility index (Phi) is 3.10. The van der Waals surface area contributed by atoms with Crippen LogP contribution in [0.4, 0.5) is 0 Å². The van der Waals surface area contributed by atoms with Crippen molar-refractivity contribution in [2.24, 2.45) is 0 Å². The van der Waals surface area contributed by atoms with Crippen LogP contribution in [0.5, 0.6) is 11.5 Å². The minimum Gasteiger partial charge on any atom is -0.508 e. The molecule has 1 aliphatic rings. The first kappa shape index (κ1) is 12.6. The summed E-state index contributed by atoms with van der Waals surface area (Å²) < 4.78 is 5.28. The van der Waals surface area contributed by atoms with Gasteiger partial charge in [-0.05, 0) is 43.2 Å². The van der Waals surface area contributed by atoms with E-state index in [2.05, 4.69) is 0 Å². The molecule has 1 fully saturated rings. The van der Waals surface area contributed by atoms with Gasteiger partial charge in [-0.2, -0.15) is 0 Å². The molecule has 0 saturated heterocycles. The lowest BCUT2D eigenvalue weighted by atomic mass is 10.1. The van der Waals surface area contributed by atoms with Gasteiger partial charge in [0.1, 0.15) is 17.3 Å². The molecule has 1 saturated carbocycles. The number of rotatable bonds is 4. The summed E-state index contributed by atoms with van der Waals surface area (Å²) in [7, 11) is 0. The third-order valence-electron chi connectivity index (χ3n) is 3.37. The minimum atomic E-state index is -0.294. The van der Waals surface area contributed by atoms with E-state index in [0.29, 0.717) is 12.3 Å². The summed E-state index contributed by atoms with van der Waals surface area (Å²) in [5, 5.41) is 19.3. The van der Waals surface area contributed by atoms with E-state index in [-0.39, 0.29) is 29.0 Å². The molecule has 0 atom stereocenters. The molecule has 1 amide bonds. The van der Waals surface area contributed by atoms with Crippen molar-refractivity contribution >= 4 is 5.91 Å². The van der Waals surface area contributed by atoms with Crippen molar-refractivity contribution in [2.75, 3.05) is 0 Å². The molecule has 1 heterocycles. The lowest BCUT2D eigenvalue weighted by molar-refractivity contribution is 0.0714. The zero-order valence-corrected chi connectivity index (χ0v) is 10.8. The van der Waals surface area contributed by atoms with E-state index < -0.39 is 0 Å². The minimum absolute atomic E-state index is 0.0418. The van der Waals surface area contributed by atoms with E-state index in [1.165, 1.54) is 18.2 Å². The molecule has 5 nitrogen and oxygen atoms in total. The molecular weight excluding hydrogens is 258 g/mol. The van der Waals surface area contributed by atoms with E-state index in [4.69, 9.17) is 4.42 Å². The molecule has 0 bridgehead atoms. The number of aromatic hydroxyl groups is 2. The number of nitrogens with zero attached hydrogens (tertiary/aromatic N) is 1. The van der Waals surface area contributed by atoms with Crippen LogP contribution in [0, 0.1) is 0 Å². The molecule has 0 spiro atoms. The molecule has 104 valence electrons. The molecule has 2 aromatic rings. The maximum Gasteiger partial charge on any atom is 0.258 e. The molecule has 3 rings (SSSR count). The van der Waals surface area contributed by atoms with E-state index in [0.717, 1.165) is 12.8 Å². The molecular formula is C15H15NO4. The zero-order valence-electron chi connectivity index (χ0n) is 10.8. The molecule has 0 unspecified atom stereocenters. The normalized spacial score (nSPS) is 14.2. The highest BCUT2D eigenvalue weighted by molar-refractivity contribution is 5.97. The van der Waals surface area contributed by atoms with Gasteiger partial charge in [-0.25, -0.2) is 0 Å². The maximum absolute atomic E-state index is 12.5. The van der Waals surface area contributed by atoms with Crippen LogP contribution in [-0.4, -0.2) is 27.1 Å². The summed E-state index contributed by atoms with van der Waals surface area (Å²) in [6, 6.07) is 7.71. The Bertz CT molecular complexity index is 617. The van der Waals surface area contributed by atoms with Crippen molar-refractivity contribution in [3.8, 4) is 11.5 Å². The van der Waals surface area contributed by atoms with Crippen LogP contribution in [0.3, 0.4) is 0 Å². The van der Waals surface area contributed by atoms with Gasteiger partial charge in [0.2, 0.25) is 0 Å². The van der Waals surface area contributed by atoms with Crippen molar-refractivity contribution in [2.45, 2.75) is 25.4 Å². The summed E-state index contributed by atoms with van der Waals surface area (Å²) in [4.78, 5) is 14.2. The number of benzene rings is 1. The number of carbonyl (C=O) groups is 1. The fraction of sp³-hybridized carbons (Fsp3) is 0.267. The molecule has 0 aliphatic heterocycles. The van der Waals surface area contributed by atoms with E-state index in [9.17, 15) is 15.0 Å². The monoisotopic (exact) mass is 273 g/mol. The number of hydrogen-bond acceptors (Lipinski definition) is 4. The number of hydrogen-bond donors (Lipinski definition) is 2. The molecule has 1 aromatic heterocycles. The van der Waals surface area contributed by atoms with Crippen molar-refractivity contribution in [1.29, 1.82) is 0 Å². The highest BCUT2D eigenvalue weighted by Gasteiger charge is 2.34. The van der Waals surface area contributed by atoms with Gasteiger partial charge in [0.05, 0.1) is 18.4 Å². The maximum atomic E-state index is 12.5. The first-order valence-corrected chi connectivity index (χ1v) is 6.50. The summed E-state index contributed by atoms with van der Waals surface area (Å²) in [5.74, 6) is 0.236. The Morgan fingerprint density at radius 2 is 2.10 bits per heavy atom. The third-order valence-corrected chi connectivity index (χ3v) is 3.37. The first-order chi connectivity index (χ1) is 9.65. The van der Waals surface area contributed by atoms with Gasteiger partial charge >= 0.3 is 0 Å². The Morgan fingerprint density at radius 1 is 1.30 bits per heavy atom. The largest absolute Gasteiger partial charge is 0.508 e. The van der Waals surface area contributed by atoms with E-state index in [1.807, 2.05) is 6.07 Å². The molecule has 1 aliphatic carbocycles. The lowest BCUT2D eigenvalue weighted by Crippen LogP contribution is -2.32. The fourth-order valence-corrected chi connectivity index (χ4v) is 2.17. The van der Waals surface area contributed by atoms with Gasteiger partial charge in [-0.1, -0.05) is 0 Å². The Labute approximate surface area is 116 Å². The Morgan fingerprint density at radius 3 is 2.75 bits per heavy atom. The van der Waals surface area contributed by atoms with Crippen molar-refractivity contribution in [3.05, 3.63) is 47.9 Å². The smallest absolute Gasteiger partial charge is 0.258 e. The number of amides is 1. The molecule has 0 radical (unpaired) electrons. The SMILES string of the molecule is O=C(c1cc(O)ccc1O)N(Cc1ccco1)C1CC1. The predicted octanol–water partition coefficient (Wildman–Crippen LogP) is 2.50. The second-order valence-electron chi connectivity index (χ2n) is 4.95. The van der Waals surface area contributed by atoms with Crippen LogP contribution in [0.1, 0.15) is 29.0 Å². The quantitative estimate of drug-likeness (QED) is 0.839. The van der Waals surface area contributed by atoms with E-state index >= 15 is 0 Å². The summed E-state index contributed by atoms with van der Waals surface area (Å²) in [6.07, 6.45) is 3.47. The number of phenolic OH excluding ortho intramolecular Hbond substituents is 2. The highest BCUT2D eigenvalue weighted by atomic mass is 16.3. The van der Waals surface area contributed by atoms with Crippen LogP contribution >= 0.6 is 0 Å². The molecule has 20 heavy (non-hydrogen) atoms. The van der Waals surface area contributed by atoms with Crippen molar-refractivity contribution in [3.63, 3.8) is 0 Å².